The van der Waals surface area contributed by atoms with E-state index in [4.69, 9.17) is 0 Å². The Morgan fingerprint density at radius 1 is 1.32 bits per heavy atom. The molecule has 0 radical (unpaired) electrons. The topological polar surface area (TPSA) is 67.2 Å². The minimum absolute atomic E-state index is 0.0929. The van der Waals surface area contributed by atoms with Crippen molar-refractivity contribution < 1.29 is 4.92 Å². The van der Waals surface area contributed by atoms with Gasteiger partial charge < -0.3 is 10.6 Å². The second-order valence-electron chi connectivity index (χ2n) is 4.02. The second-order valence-corrected chi connectivity index (χ2v) is 4.80. The highest BCUT2D eigenvalue weighted by atomic mass is 32.1. The van der Waals surface area contributed by atoms with Crippen molar-refractivity contribution in [1.29, 1.82) is 0 Å². The molecule has 19 heavy (non-hydrogen) atoms. The van der Waals surface area contributed by atoms with Crippen LogP contribution in [0.25, 0.3) is 0 Å². The Labute approximate surface area is 115 Å². The van der Waals surface area contributed by atoms with Crippen molar-refractivity contribution >= 4 is 28.4 Å². The van der Waals surface area contributed by atoms with Gasteiger partial charge in [-0.15, -0.1) is 0 Å². The fourth-order valence-electron chi connectivity index (χ4n) is 1.86. The molecule has 0 aliphatic heterocycles. The van der Waals surface area contributed by atoms with Gasteiger partial charge in [0.2, 0.25) is 0 Å². The minimum Gasteiger partial charge on any atom is -0.382 e. The fourth-order valence-corrected chi connectivity index (χ4v) is 2.56. The number of hydrogen-bond donors (Lipinski definition) is 2. The number of nitro groups is 1. The van der Waals surface area contributed by atoms with Gasteiger partial charge in [-0.1, -0.05) is 6.07 Å². The lowest BCUT2D eigenvalue weighted by Crippen LogP contribution is -2.07. The van der Waals surface area contributed by atoms with E-state index in [1.54, 1.807) is 36.6 Å². The van der Waals surface area contributed by atoms with E-state index in [2.05, 4.69) is 22.1 Å². The van der Waals surface area contributed by atoms with Crippen molar-refractivity contribution in [2.24, 2.45) is 0 Å². The molecule has 0 aliphatic carbocycles. The van der Waals surface area contributed by atoms with Crippen LogP contribution in [0.1, 0.15) is 5.56 Å². The molecule has 5 nitrogen and oxygen atoms in total. The minimum atomic E-state index is -0.362. The SMILES string of the molecule is CNc1cccc(NCCc2ccsc2)c1[N+](=O)[O-]. The summed E-state index contributed by atoms with van der Waals surface area (Å²) in [5.74, 6) is 0. The Balaban J connectivity index is 2.09. The summed E-state index contributed by atoms with van der Waals surface area (Å²) < 4.78 is 0. The van der Waals surface area contributed by atoms with E-state index >= 15 is 0 Å². The molecule has 0 atom stereocenters. The van der Waals surface area contributed by atoms with Gasteiger partial charge in [-0.25, -0.2) is 0 Å². The third-order valence-corrected chi connectivity index (χ3v) is 3.53. The number of anilines is 2. The van der Waals surface area contributed by atoms with E-state index in [9.17, 15) is 10.1 Å². The number of nitrogens with zero attached hydrogens (tertiary/aromatic N) is 1. The average Bonchev–Trinajstić information content (AvgIpc) is 2.91. The van der Waals surface area contributed by atoms with Crippen LogP contribution in [0.2, 0.25) is 0 Å². The molecule has 0 bridgehead atoms. The van der Waals surface area contributed by atoms with Crippen LogP contribution < -0.4 is 10.6 Å². The predicted molar refractivity (Wildman–Crippen MR) is 79.2 cm³/mol. The summed E-state index contributed by atoms with van der Waals surface area (Å²) in [6.45, 7) is 0.671. The molecule has 1 aromatic carbocycles. The van der Waals surface area contributed by atoms with Gasteiger partial charge in [0.05, 0.1) is 4.92 Å². The van der Waals surface area contributed by atoms with Crippen molar-refractivity contribution in [1.82, 2.24) is 0 Å². The highest BCUT2D eigenvalue weighted by Crippen LogP contribution is 2.32. The van der Waals surface area contributed by atoms with Crippen LogP contribution in [0.4, 0.5) is 17.1 Å². The van der Waals surface area contributed by atoms with Gasteiger partial charge in [0.25, 0.3) is 0 Å². The number of nitro benzene ring substituents is 1. The molecule has 0 fully saturated rings. The number of rotatable bonds is 6. The van der Waals surface area contributed by atoms with Gasteiger partial charge in [-0.05, 0) is 40.9 Å². The van der Waals surface area contributed by atoms with Crippen LogP contribution in [-0.4, -0.2) is 18.5 Å². The first kappa shape index (κ1) is 13.4. The number of hydrogen-bond acceptors (Lipinski definition) is 5. The number of para-hydroxylation sites is 1. The van der Waals surface area contributed by atoms with Crippen molar-refractivity contribution in [3.05, 3.63) is 50.7 Å². The third-order valence-electron chi connectivity index (χ3n) is 2.80. The molecule has 0 saturated heterocycles. The van der Waals surface area contributed by atoms with Gasteiger partial charge in [0.15, 0.2) is 0 Å². The van der Waals surface area contributed by atoms with Crippen molar-refractivity contribution in [2.75, 3.05) is 24.2 Å². The predicted octanol–water partition coefficient (Wildman–Crippen LogP) is 3.35. The Bertz CT molecular complexity index is 555. The van der Waals surface area contributed by atoms with E-state index in [0.29, 0.717) is 17.9 Å². The van der Waals surface area contributed by atoms with Crippen molar-refractivity contribution in [3.8, 4) is 0 Å². The van der Waals surface area contributed by atoms with E-state index in [1.165, 1.54) is 5.56 Å². The lowest BCUT2D eigenvalue weighted by atomic mass is 10.2. The van der Waals surface area contributed by atoms with Crippen molar-refractivity contribution in [2.45, 2.75) is 6.42 Å². The molecule has 0 saturated carbocycles. The molecular weight excluding hydrogens is 262 g/mol. The van der Waals surface area contributed by atoms with Crippen molar-refractivity contribution in [3.63, 3.8) is 0 Å². The van der Waals surface area contributed by atoms with Crippen LogP contribution >= 0.6 is 11.3 Å². The molecular formula is C13H15N3O2S. The summed E-state index contributed by atoms with van der Waals surface area (Å²) >= 11 is 1.65. The largest absolute Gasteiger partial charge is 0.382 e. The highest BCUT2D eigenvalue weighted by Gasteiger charge is 2.18. The third kappa shape index (κ3) is 3.23. The molecule has 0 amide bonds. The zero-order chi connectivity index (χ0) is 13.7. The summed E-state index contributed by atoms with van der Waals surface area (Å²) in [5.41, 5.74) is 2.40. The van der Waals surface area contributed by atoms with E-state index < -0.39 is 0 Å². The summed E-state index contributed by atoms with van der Waals surface area (Å²) in [6.07, 6.45) is 0.852. The van der Waals surface area contributed by atoms with Gasteiger partial charge in [0, 0.05) is 13.6 Å². The molecule has 2 aromatic rings. The Morgan fingerprint density at radius 2 is 2.11 bits per heavy atom. The molecule has 6 heteroatoms. The molecule has 100 valence electrons. The van der Waals surface area contributed by atoms with Gasteiger partial charge in [-0.2, -0.15) is 11.3 Å². The fraction of sp³-hybridized carbons (Fsp3) is 0.231. The number of benzene rings is 1. The van der Waals surface area contributed by atoms with Crippen LogP contribution in [0.15, 0.2) is 35.0 Å². The Hall–Kier alpha value is -2.08. The second kappa shape index (κ2) is 6.19. The summed E-state index contributed by atoms with van der Waals surface area (Å²) in [5, 5.41) is 21.2. The zero-order valence-corrected chi connectivity index (χ0v) is 11.4. The van der Waals surface area contributed by atoms with Crippen LogP contribution in [0, 0.1) is 10.1 Å². The van der Waals surface area contributed by atoms with E-state index in [1.807, 2.05) is 5.38 Å². The average molecular weight is 277 g/mol. The monoisotopic (exact) mass is 277 g/mol. The van der Waals surface area contributed by atoms with Crippen LogP contribution in [0.5, 0.6) is 0 Å². The molecule has 1 aromatic heterocycles. The summed E-state index contributed by atoms with van der Waals surface area (Å²) in [6, 6.07) is 7.28. The van der Waals surface area contributed by atoms with Crippen LogP contribution in [0.3, 0.4) is 0 Å². The maximum Gasteiger partial charge on any atom is 0.315 e. The molecule has 0 spiro atoms. The molecule has 2 rings (SSSR count). The van der Waals surface area contributed by atoms with Crippen LogP contribution in [-0.2, 0) is 6.42 Å². The first-order chi connectivity index (χ1) is 9.22. The highest BCUT2D eigenvalue weighted by molar-refractivity contribution is 7.07. The van der Waals surface area contributed by atoms with E-state index in [0.717, 1.165) is 6.42 Å². The summed E-state index contributed by atoms with van der Waals surface area (Å²) in [7, 11) is 1.68. The lowest BCUT2D eigenvalue weighted by molar-refractivity contribution is -0.383. The first-order valence-electron chi connectivity index (χ1n) is 5.92. The normalized spacial score (nSPS) is 10.2. The molecule has 1 heterocycles. The standard InChI is InChI=1S/C13H15N3O2S/c1-14-11-3-2-4-12(13(11)16(17)18)15-7-5-10-6-8-19-9-10/h2-4,6,8-9,14-15H,5,7H2,1H3. The maximum absolute atomic E-state index is 11.1. The van der Waals surface area contributed by atoms with Gasteiger partial charge >= 0.3 is 5.69 Å². The summed E-state index contributed by atoms with van der Waals surface area (Å²) in [4.78, 5) is 10.8. The Morgan fingerprint density at radius 3 is 2.74 bits per heavy atom. The van der Waals surface area contributed by atoms with Gasteiger partial charge in [0.1, 0.15) is 11.4 Å². The van der Waals surface area contributed by atoms with Gasteiger partial charge in [-0.3, -0.25) is 10.1 Å². The first-order valence-corrected chi connectivity index (χ1v) is 6.86. The Kier molecular flexibility index (Phi) is 4.35. The van der Waals surface area contributed by atoms with E-state index in [-0.39, 0.29) is 10.6 Å². The number of nitrogens with one attached hydrogen (secondary N) is 2. The maximum atomic E-state index is 11.1. The zero-order valence-electron chi connectivity index (χ0n) is 10.6. The number of thiophene rings is 1. The molecule has 0 aliphatic rings. The quantitative estimate of drug-likeness (QED) is 0.627. The lowest BCUT2D eigenvalue weighted by Gasteiger charge is -2.09. The molecule has 2 N–H and O–H groups in total. The molecule has 0 unspecified atom stereocenters. The smallest absolute Gasteiger partial charge is 0.315 e.